The van der Waals surface area contributed by atoms with E-state index >= 15 is 0 Å². The van der Waals surface area contributed by atoms with Gasteiger partial charge in [-0.05, 0) is 35.4 Å². The van der Waals surface area contributed by atoms with E-state index in [9.17, 15) is 0 Å². The van der Waals surface area contributed by atoms with Crippen molar-refractivity contribution < 1.29 is 0 Å². The van der Waals surface area contributed by atoms with Gasteiger partial charge in [-0.2, -0.15) is 0 Å². The lowest BCUT2D eigenvalue weighted by atomic mass is 10.1. The van der Waals surface area contributed by atoms with Crippen LogP contribution >= 0.6 is 23.2 Å². The first kappa shape index (κ1) is 14.2. The molecule has 0 aliphatic rings. The maximum Gasteiger partial charge on any atom is 0.0427 e. The molecule has 0 unspecified atom stereocenters. The Labute approximate surface area is 123 Å². The zero-order valence-electron chi connectivity index (χ0n) is 10.7. The average Bonchev–Trinajstić information content (AvgIpc) is 2.41. The minimum atomic E-state index is 0.497. The first-order valence-corrected chi connectivity index (χ1v) is 6.80. The molecule has 4 heteroatoms. The molecule has 0 amide bonds. The maximum absolute atomic E-state index is 6.06. The lowest BCUT2D eigenvalue weighted by Gasteiger charge is -2.22. The fourth-order valence-electron chi connectivity index (χ4n) is 2.01. The van der Waals surface area contributed by atoms with E-state index in [4.69, 9.17) is 28.9 Å². The van der Waals surface area contributed by atoms with Crippen LogP contribution in [0.3, 0.4) is 0 Å². The number of hydrogen-bond donors (Lipinski definition) is 1. The lowest BCUT2D eigenvalue weighted by molar-refractivity contribution is 0.904. The molecule has 0 aliphatic carbocycles. The molecule has 0 radical (unpaired) electrons. The van der Waals surface area contributed by atoms with E-state index in [1.54, 1.807) is 0 Å². The smallest absolute Gasteiger partial charge is 0.0427 e. The van der Waals surface area contributed by atoms with Crippen molar-refractivity contribution in [2.75, 3.05) is 11.9 Å². The number of benzene rings is 2. The van der Waals surface area contributed by atoms with Crippen LogP contribution < -0.4 is 10.6 Å². The summed E-state index contributed by atoms with van der Waals surface area (Å²) < 4.78 is 0. The molecule has 19 heavy (non-hydrogen) atoms. The molecular weight excluding hydrogens is 279 g/mol. The Kier molecular flexibility index (Phi) is 4.70. The molecule has 2 nitrogen and oxygen atoms in total. The van der Waals surface area contributed by atoms with Gasteiger partial charge in [0.1, 0.15) is 0 Å². The standard InChI is InChI=1S/C15H16Cl2N2/c1-19(10-11-2-5-13(16)6-3-11)15-8-14(17)7-4-12(15)9-18/h2-8H,9-10,18H2,1H3. The number of hydrogen-bond acceptors (Lipinski definition) is 2. The summed E-state index contributed by atoms with van der Waals surface area (Å²) in [7, 11) is 2.03. The summed E-state index contributed by atoms with van der Waals surface area (Å²) >= 11 is 11.9. The van der Waals surface area contributed by atoms with Gasteiger partial charge in [0.25, 0.3) is 0 Å². The number of halogens is 2. The summed E-state index contributed by atoms with van der Waals surface area (Å²) in [4.78, 5) is 2.14. The SMILES string of the molecule is CN(Cc1ccc(Cl)cc1)c1cc(Cl)ccc1CN. The first-order valence-electron chi connectivity index (χ1n) is 6.04. The summed E-state index contributed by atoms with van der Waals surface area (Å²) in [5.41, 5.74) is 9.10. The van der Waals surface area contributed by atoms with Crippen LogP contribution in [0.5, 0.6) is 0 Å². The zero-order chi connectivity index (χ0) is 13.8. The average molecular weight is 295 g/mol. The molecule has 2 aromatic carbocycles. The van der Waals surface area contributed by atoms with Crippen LogP contribution in [0.4, 0.5) is 5.69 Å². The Morgan fingerprint density at radius 1 is 1.00 bits per heavy atom. The van der Waals surface area contributed by atoms with Crippen LogP contribution in [0.15, 0.2) is 42.5 Å². The van der Waals surface area contributed by atoms with Crippen molar-refractivity contribution >= 4 is 28.9 Å². The number of rotatable bonds is 4. The maximum atomic E-state index is 6.06. The molecule has 100 valence electrons. The van der Waals surface area contributed by atoms with Gasteiger partial charge in [-0.3, -0.25) is 0 Å². The van der Waals surface area contributed by atoms with Crippen LogP contribution in [-0.2, 0) is 13.1 Å². The molecular formula is C15H16Cl2N2. The van der Waals surface area contributed by atoms with E-state index in [-0.39, 0.29) is 0 Å². The van der Waals surface area contributed by atoms with Gasteiger partial charge in [0, 0.05) is 35.9 Å². The van der Waals surface area contributed by atoms with Crippen molar-refractivity contribution in [3.8, 4) is 0 Å². The van der Waals surface area contributed by atoms with Crippen molar-refractivity contribution in [2.24, 2.45) is 5.73 Å². The van der Waals surface area contributed by atoms with Crippen molar-refractivity contribution in [1.82, 2.24) is 0 Å². The van der Waals surface area contributed by atoms with E-state index < -0.39 is 0 Å². The summed E-state index contributed by atoms with van der Waals surface area (Å²) in [5.74, 6) is 0. The highest BCUT2D eigenvalue weighted by Gasteiger charge is 2.08. The summed E-state index contributed by atoms with van der Waals surface area (Å²) in [5, 5.41) is 1.46. The molecule has 2 aromatic rings. The second kappa shape index (κ2) is 6.29. The van der Waals surface area contributed by atoms with Gasteiger partial charge >= 0.3 is 0 Å². The van der Waals surface area contributed by atoms with Gasteiger partial charge in [-0.25, -0.2) is 0 Å². The largest absolute Gasteiger partial charge is 0.370 e. The van der Waals surface area contributed by atoms with Crippen LogP contribution in [0.2, 0.25) is 10.0 Å². The Hall–Kier alpha value is -1.22. The molecule has 0 bridgehead atoms. The number of anilines is 1. The molecule has 0 spiro atoms. The topological polar surface area (TPSA) is 29.3 Å². The quantitative estimate of drug-likeness (QED) is 0.920. The van der Waals surface area contributed by atoms with Crippen LogP contribution in [0.1, 0.15) is 11.1 Å². The van der Waals surface area contributed by atoms with Crippen molar-refractivity contribution in [1.29, 1.82) is 0 Å². The van der Waals surface area contributed by atoms with E-state index in [2.05, 4.69) is 4.90 Å². The third kappa shape index (κ3) is 3.63. The first-order chi connectivity index (χ1) is 9.10. The molecule has 0 saturated heterocycles. The van der Waals surface area contributed by atoms with Gasteiger partial charge in [-0.1, -0.05) is 41.4 Å². The normalized spacial score (nSPS) is 10.5. The lowest BCUT2D eigenvalue weighted by Crippen LogP contribution is -2.18. The molecule has 0 atom stereocenters. The Bertz CT molecular complexity index is 553. The molecule has 0 heterocycles. The third-order valence-corrected chi connectivity index (χ3v) is 3.50. The highest BCUT2D eigenvalue weighted by molar-refractivity contribution is 6.31. The highest BCUT2D eigenvalue weighted by atomic mass is 35.5. The van der Waals surface area contributed by atoms with E-state index in [1.165, 1.54) is 5.56 Å². The predicted octanol–water partition coefficient (Wildman–Crippen LogP) is 4.09. The summed E-state index contributed by atoms with van der Waals surface area (Å²) in [6, 6.07) is 13.6. The van der Waals surface area contributed by atoms with Gasteiger partial charge in [0.05, 0.1) is 0 Å². The fraction of sp³-hybridized carbons (Fsp3) is 0.200. The van der Waals surface area contributed by atoms with E-state index in [0.717, 1.165) is 27.8 Å². The molecule has 0 saturated carbocycles. The van der Waals surface area contributed by atoms with Gasteiger partial charge < -0.3 is 10.6 Å². The molecule has 0 fully saturated rings. The summed E-state index contributed by atoms with van der Waals surface area (Å²) in [6.45, 7) is 1.28. The minimum Gasteiger partial charge on any atom is -0.370 e. The molecule has 0 aromatic heterocycles. The zero-order valence-corrected chi connectivity index (χ0v) is 12.2. The second-order valence-electron chi connectivity index (χ2n) is 4.46. The third-order valence-electron chi connectivity index (χ3n) is 3.01. The Balaban J connectivity index is 2.21. The predicted molar refractivity (Wildman–Crippen MR) is 82.9 cm³/mol. The second-order valence-corrected chi connectivity index (χ2v) is 5.33. The molecule has 2 rings (SSSR count). The number of nitrogens with two attached hydrogens (primary N) is 1. The van der Waals surface area contributed by atoms with Crippen LogP contribution in [0.25, 0.3) is 0 Å². The van der Waals surface area contributed by atoms with Gasteiger partial charge in [0.15, 0.2) is 0 Å². The minimum absolute atomic E-state index is 0.497. The monoisotopic (exact) mass is 294 g/mol. The van der Waals surface area contributed by atoms with Gasteiger partial charge in [0.2, 0.25) is 0 Å². The number of nitrogens with zero attached hydrogens (tertiary/aromatic N) is 1. The van der Waals surface area contributed by atoms with Crippen molar-refractivity contribution in [2.45, 2.75) is 13.1 Å². The molecule has 2 N–H and O–H groups in total. The van der Waals surface area contributed by atoms with Gasteiger partial charge in [-0.15, -0.1) is 0 Å². The van der Waals surface area contributed by atoms with Crippen LogP contribution in [0, 0.1) is 0 Å². The van der Waals surface area contributed by atoms with Crippen molar-refractivity contribution in [3.63, 3.8) is 0 Å². The highest BCUT2D eigenvalue weighted by Crippen LogP contribution is 2.25. The van der Waals surface area contributed by atoms with E-state index in [1.807, 2.05) is 49.5 Å². The molecule has 0 aliphatic heterocycles. The summed E-state index contributed by atoms with van der Waals surface area (Å²) in [6.07, 6.45) is 0. The van der Waals surface area contributed by atoms with Crippen LogP contribution in [-0.4, -0.2) is 7.05 Å². The fourth-order valence-corrected chi connectivity index (χ4v) is 2.31. The van der Waals surface area contributed by atoms with Crippen molar-refractivity contribution in [3.05, 3.63) is 63.6 Å². The Morgan fingerprint density at radius 2 is 1.63 bits per heavy atom. The van der Waals surface area contributed by atoms with E-state index in [0.29, 0.717) is 6.54 Å². The Morgan fingerprint density at radius 3 is 2.26 bits per heavy atom.